The Morgan fingerprint density at radius 1 is 1.55 bits per heavy atom. The van der Waals surface area contributed by atoms with Crippen LogP contribution in [-0.4, -0.2) is 42.6 Å². The van der Waals surface area contributed by atoms with Crippen molar-refractivity contribution >= 4 is 11.6 Å². The first-order valence-corrected chi connectivity index (χ1v) is 6.90. The molecule has 1 amide bonds. The van der Waals surface area contributed by atoms with Gasteiger partial charge < -0.3 is 10.1 Å². The molecule has 1 aromatic rings. The number of nitrogens with one attached hydrogen (secondary N) is 1. The van der Waals surface area contributed by atoms with Crippen LogP contribution in [0.25, 0.3) is 0 Å². The van der Waals surface area contributed by atoms with Crippen LogP contribution in [-0.2, 0) is 9.53 Å². The second-order valence-electron chi connectivity index (χ2n) is 5.31. The third-order valence-electron chi connectivity index (χ3n) is 3.64. The molecule has 0 spiro atoms. The number of halogens is 1. The Hall–Kier alpha value is -1.46. The quantitative estimate of drug-likeness (QED) is 0.922. The smallest absolute Gasteiger partial charge is 0.241 e. The fraction of sp³-hybridized carbons (Fsp3) is 0.533. The maximum absolute atomic E-state index is 13.5. The minimum Gasteiger partial charge on any atom is -0.376 e. The predicted molar refractivity (Wildman–Crippen MR) is 76.2 cm³/mol. The van der Waals surface area contributed by atoms with E-state index in [9.17, 15) is 9.18 Å². The van der Waals surface area contributed by atoms with Crippen molar-refractivity contribution < 1.29 is 13.9 Å². The zero-order valence-corrected chi connectivity index (χ0v) is 12.1. The largest absolute Gasteiger partial charge is 0.376 e. The molecule has 0 aromatic heterocycles. The summed E-state index contributed by atoms with van der Waals surface area (Å²) in [6.45, 7) is 7.65. The van der Waals surface area contributed by atoms with E-state index in [4.69, 9.17) is 4.74 Å². The Balaban J connectivity index is 1.98. The molecule has 1 heterocycles. The fourth-order valence-corrected chi connectivity index (χ4v) is 2.28. The lowest BCUT2D eigenvalue weighted by atomic mass is 10.2. The van der Waals surface area contributed by atoms with Crippen LogP contribution in [0.1, 0.15) is 19.4 Å². The number of hydrogen-bond acceptors (Lipinski definition) is 3. The molecule has 1 aliphatic heterocycles. The molecule has 1 aliphatic rings. The number of anilines is 1. The lowest BCUT2D eigenvalue weighted by Crippen LogP contribution is -2.50. The average Bonchev–Trinajstić information content (AvgIpc) is 2.42. The van der Waals surface area contributed by atoms with Crippen molar-refractivity contribution in [3.05, 3.63) is 29.6 Å². The van der Waals surface area contributed by atoms with E-state index in [2.05, 4.69) is 10.2 Å². The molecular weight excluding hydrogens is 259 g/mol. The first-order valence-electron chi connectivity index (χ1n) is 6.90. The molecule has 2 atom stereocenters. The summed E-state index contributed by atoms with van der Waals surface area (Å²) in [5.74, 6) is -0.433. The molecule has 20 heavy (non-hydrogen) atoms. The van der Waals surface area contributed by atoms with Crippen LogP contribution < -0.4 is 5.32 Å². The average molecular weight is 280 g/mol. The number of carbonyl (C=O) groups is 1. The van der Waals surface area contributed by atoms with Gasteiger partial charge in [0, 0.05) is 18.8 Å². The van der Waals surface area contributed by atoms with Crippen LogP contribution in [0.3, 0.4) is 0 Å². The second-order valence-corrected chi connectivity index (χ2v) is 5.31. The van der Waals surface area contributed by atoms with Gasteiger partial charge in [-0.1, -0.05) is 6.07 Å². The number of rotatable bonds is 3. The summed E-state index contributed by atoms with van der Waals surface area (Å²) in [6, 6.07) is 4.46. The monoisotopic (exact) mass is 280 g/mol. The van der Waals surface area contributed by atoms with E-state index in [1.807, 2.05) is 13.8 Å². The normalized spacial score (nSPS) is 21.5. The number of nitrogens with zero attached hydrogens (tertiary/aromatic N) is 1. The highest BCUT2D eigenvalue weighted by Gasteiger charge is 2.26. The second kappa shape index (κ2) is 6.33. The minimum absolute atomic E-state index is 0.123. The lowest BCUT2D eigenvalue weighted by Gasteiger charge is -2.34. The van der Waals surface area contributed by atoms with Crippen LogP contribution in [0, 0.1) is 12.7 Å². The highest BCUT2D eigenvalue weighted by Crippen LogP contribution is 2.15. The molecule has 110 valence electrons. The Morgan fingerprint density at radius 2 is 2.30 bits per heavy atom. The van der Waals surface area contributed by atoms with Crippen molar-refractivity contribution in [3.8, 4) is 0 Å². The van der Waals surface area contributed by atoms with Crippen molar-refractivity contribution in [1.82, 2.24) is 4.90 Å². The van der Waals surface area contributed by atoms with Gasteiger partial charge in [0.2, 0.25) is 5.91 Å². The molecule has 1 saturated heterocycles. The molecule has 5 heteroatoms. The third-order valence-corrected chi connectivity index (χ3v) is 3.64. The van der Waals surface area contributed by atoms with Gasteiger partial charge in [-0.05, 0) is 38.5 Å². The van der Waals surface area contributed by atoms with E-state index < -0.39 is 0 Å². The van der Waals surface area contributed by atoms with Crippen LogP contribution in [0.4, 0.5) is 10.1 Å². The number of morpholine rings is 1. The summed E-state index contributed by atoms with van der Waals surface area (Å²) in [6.07, 6.45) is 0.135. The summed E-state index contributed by atoms with van der Waals surface area (Å²) in [4.78, 5) is 14.3. The summed E-state index contributed by atoms with van der Waals surface area (Å²) in [5.41, 5.74) is 1.06. The highest BCUT2D eigenvalue weighted by atomic mass is 19.1. The fourth-order valence-electron chi connectivity index (χ4n) is 2.28. The van der Waals surface area contributed by atoms with Crippen LogP contribution in [0.15, 0.2) is 18.2 Å². The zero-order valence-electron chi connectivity index (χ0n) is 12.1. The molecule has 4 nitrogen and oxygen atoms in total. The van der Waals surface area contributed by atoms with Crippen LogP contribution >= 0.6 is 0 Å². The molecule has 0 saturated carbocycles. The van der Waals surface area contributed by atoms with Gasteiger partial charge in [0.1, 0.15) is 5.82 Å². The first kappa shape index (κ1) is 14.9. The summed E-state index contributed by atoms with van der Waals surface area (Å²) >= 11 is 0. The van der Waals surface area contributed by atoms with Gasteiger partial charge in [0.05, 0.1) is 18.8 Å². The van der Waals surface area contributed by atoms with Crippen LogP contribution in [0.2, 0.25) is 0 Å². The Bertz CT molecular complexity index is 493. The summed E-state index contributed by atoms with van der Waals surface area (Å²) < 4.78 is 18.9. The van der Waals surface area contributed by atoms with Gasteiger partial charge in [0.25, 0.3) is 0 Å². The van der Waals surface area contributed by atoms with Gasteiger partial charge >= 0.3 is 0 Å². The topological polar surface area (TPSA) is 41.6 Å². The lowest BCUT2D eigenvalue weighted by molar-refractivity contribution is -0.123. The summed E-state index contributed by atoms with van der Waals surface area (Å²) in [7, 11) is 0. The molecule has 0 unspecified atom stereocenters. The predicted octanol–water partition coefficient (Wildman–Crippen LogP) is 2.18. The van der Waals surface area contributed by atoms with Gasteiger partial charge in [0.15, 0.2) is 0 Å². The van der Waals surface area contributed by atoms with Gasteiger partial charge in [-0.25, -0.2) is 4.39 Å². The number of aryl methyl sites for hydroxylation is 1. The number of ether oxygens (including phenoxy) is 1. The van der Waals surface area contributed by atoms with E-state index in [-0.39, 0.29) is 23.9 Å². The number of benzene rings is 1. The standard InChI is InChI=1S/C15H21FN2O2/c1-10-4-5-13(8-14(10)16)17-15(19)12(3)18-6-7-20-11(2)9-18/h4-5,8,11-12H,6-7,9H2,1-3H3,(H,17,19)/t11-,12-/m1/s1. The van der Waals surface area contributed by atoms with E-state index in [1.165, 1.54) is 6.07 Å². The molecule has 0 bridgehead atoms. The zero-order chi connectivity index (χ0) is 14.7. The molecule has 2 rings (SSSR count). The Morgan fingerprint density at radius 3 is 2.95 bits per heavy atom. The van der Waals surface area contributed by atoms with Gasteiger partial charge in [-0.2, -0.15) is 0 Å². The Kier molecular flexibility index (Phi) is 4.73. The van der Waals surface area contributed by atoms with Crippen molar-refractivity contribution in [3.63, 3.8) is 0 Å². The van der Waals surface area contributed by atoms with E-state index in [0.29, 0.717) is 17.9 Å². The van der Waals surface area contributed by atoms with Crippen LogP contribution in [0.5, 0.6) is 0 Å². The van der Waals surface area contributed by atoms with Crippen molar-refractivity contribution in [2.45, 2.75) is 32.9 Å². The molecule has 1 fully saturated rings. The molecule has 0 aliphatic carbocycles. The van der Waals surface area contributed by atoms with Gasteiger partial charge in [-0.15, -0.1) is 0 Å². The molecule has 1 aromatic carbocycles. The van der Waals surface area contributed by atoms with Crippen molar-refractivity contribution in [2.75, 3.05) is 25.0 Å². The number of hydrogen-bond donors (Lipinski definition) is 1. The molecule has 0 radical (unpaired) electrons. The van der Waals surface area contributed by atoms with E-state index in [0.717, 1.165) is 13.1 Å². The number of carbonyl (C=O) groups excluding carboxylic acids is 1. The van der Waals surface area contributed by atoms with Gasteiger partial charge in [-0.3, -0.25) is 9.69 Å². The summed E-state index contributed by atoms with van der Waals surface area (Å²) in [5, 5.41) is 2.76. The third kappa shape index (κ3) is 3.55. The van der Waals surface area contributed by atoms with Crippen molar-refractivity contribution in [1.29, 1.82) is 0 Å². The molecular formula is C15H21FN2O2. The maximum Gasteiger partial charge on any atom is 0.241 e. The van der Waals surface area contributed by atoms with E-state index in [1.54, 1.807) is 19.1 Å². The van der Waals surface area contributed by atoms with E-state index >= 15 is 0 Å². The minimum atomic E-state index is -0.310. The first-order chi connectivity index (χ1) is 9.47. The maximum atomic E-state index is 13.5. The SMILES string of the molecule is Cc1ccc(NC(=O)[C@@H](C)N2CCO[C@H](C)C2)cc1F. The highest BCUT2D eigenvalue weighted by molar-refractivity contribution is 5.94. The molecule has 1 N–H and O–H groups in total. The van der Waals surface area contributed by atoms with Crippen molar-refractivity contribution in [2.24, 2.45) is 0 Å². The Labute approximate surface area is 118 Å². The number of amides is 1.